The molecule has 1 aliphatic rings. The number of hydrogen-bond donors (Lipinski definition) is 1. The molecule has 0 spiro atoms. The lowest BCUT2D eigenvalue weighted by Gasteiger charge is -2.47. The molecule has 1 aromatic rings. The first-order valence-electron chi connectivity index (χ1n) is 6.31. The summed E-state index contributed by atoms with van der Waals surface area (Å²) < 4.78 is 13.5. The molecule has 1 atom stereocenters. The Morgan fingerprint density at radius 1 is 1.44 bits per heavy atom. The highest BCUT2D eigenvalue weighted by Gasteiger charge is 2.43. The summed E-state index contributed by atoms with van der Waals surface area (Å²) in [6.45, 7) is 2.13. The van der Waals surface area contributed by atoms with Crippen LogP contribution in [-0.4, -0.2) is 6.04 Å². The van der Waals surface area contributed by atoms with Crippen molar-refractivity contribution in [2.45, 2.75) is 50.5 Å². The van der Waals surface area contributed by atoms with E-state index in [-0.39, 0.29) is 34.7 Å². The number of rotatable bonds is 4. The van der Waals surface area contributed by atoms with E-state index in [2.05, 4.69) is 6.92 Å². The third-order valence-corrected chi connectivity index (χ3v) is 4.36. The Balaban J connectivity index is 0.00000162. The van der Waals surface area contributed by atoms with Crippen molar-refractivity contribution in [2.75, 3.05) is 0 Å². The lowest BCUT2D eigenvalue weighted by atomic mass is 9.59. The minimum absolute atomic E-state index is 0. The summed E-state index contributed by atoms with van der Waals surface area (Å²) in [4.78, 5) is 0. The van der Waals surface area contributed by atoms with Gasteiger partial charge in [0.15, 0.2) is 0 Å². The Hall–Kier alpha value is -0.310. The standard InChI is InChI=1S/C14H19ClFN.ClH/c1-2-4-13(17)14(7-3-8-14)10-5-6-11(15)12(16)9-10;/h5-6,9,13H,2-4,7-8,17H2,1H3;1H. The highest BCUT2D eigenvalue weighted by Crippen LogP contribution is 2.47. The van der Waals surface area contributed by atoms with E-state index in [0.717, 1.165) is 31.2 Å². The van der Waals surface area contributed by atoms with E-state index >= 15 is 0 Å². The van der Waals surface area contributed by atoms with Gasteiger partial charge in [-0.25, -0.2) is 4.39 Å². The minimum atomic E-state index is -0.334. The van der Waals surface area contributed by atoms with Gasteiger partial charge in [-0.05, 0) is 37.0 Å². The zero-order valence-corrected chi connectivity index (χ0v) is 12.2. The summed E-state index contributed by atoms with van der Waals surface area (Å²) in [6, 6.07) is 5.27. The van der Waals surface area contributed by atoms with Crippen LogP contribution >= 0.6 is 24.0 Å². The minimum Gasteiger partial charge on any atom is -0.327 e. The fraction of sp³-hybridized carbons (Fsp3) is 0.571. The summed E-state index contributed by atoms with van der Waals surface area (Å²) in [6.07, 6.45) is 5.37. The Morgan fingerprint density at radius 2 is 2.11 bits per heavy atom. The Kier molecular flexibility index (Phi) is 5.45. The van der Waals surface area contributed by atoms with Gasteiger partial charge >= 0.3 is 0 Å². The maximum absolute atomic E-state index is 13.5. The maximum Gasteiger partial charge on any atom is 0.142 e. The van der Waals surface area contributed by atoms with E-state index in [1.165, 1.54) is 6.42 Å². The molecule has 0 amide bonds. The van der Waals surface area contributed by atoms with Gasteiger partial charge in [0.2, 0.25) is 0 Å². The molecule has 102 valence electrons. The van der Waals surface area contributed by atoms with Crippen molar-refractivity contribution in [2.24, 2.45) is 5.73 Å². The van der Waals surface area contributed by atoms with Crippen LogP contribution in [0.25, 0.3) is 0 Å². The first kappa shape index (κ1) is 15.7. The molecule has 1 nitrogen and oxygen atoms in total. The molecule has 1 aliphatic carbocycles. The van der Waals surface area contributed by atoms with Crippen molar-refractivity contribution < 1.29 is 4.39 Å². The van der Waals surface area contributed by atoms with Crippen molar-refractivity contribution in [3.8, 4) is 0 Å². The second-order valence-electron chi connectivity index (χ2n) is 5.03. The molecule has 18 heavy (non-hydrogen) atoms. The van der Waals surface area contributed by atoms with Crippen LogP contribution in [0.5, 0.6) is 0 Å². The summed E-state index contributed by atoms with van der Waals surface area (Å²) in [5, 5.41) is 0.187. The molecule has 0 aromatic heterocycles. The highest BCUT2D eigenvalue weighted by molar-refractivity contribution is 6.30. The predicted molar refractivity (Wildman–Crippen MR) is 77.1 cm³/mol. The summed E-state index contributed by atoms with van der Waals surface area (Å²) in [7, 11) is 0. The molecule has 0 heterocycles. The average molecular weight is 292 g/mol. The van der Waals surface area contributed by atoms with Gasteiger partial charge in [-0.2, -0.15) is 0 Å². The van der Waals surface area contributed by atoms with Crippen LogP contribution in [0.3, 0.4) is 0 Å². The fourth-order valence-corrected chi connectivity index (χ4v) is 2.94. The normalized spacial score (nSPS) is 18.7. The van der Waals surface area contributed by atoms with Gasteiger partial charge in [0.25, 0.3) is 0 Å². The van der Waals surface area contributed by atoms with Crippen LogP contribution in [-0.2, 0) is 5.41 Å². The molecule has 4 heteroatoms. The van der Waals surface area contributed by atoms with Crippen molar-refractivity contribution >= 4 is 24.0 Å². The monoisotopic (exact) mass is 291 g/mol. The van der Waals surface area contributed by atoms with E-state index < -0.39 is 0 Å². The predicted octanol–water partition coefficient (Wildman–Crippen LogP) is 4.45. The zero-order chi connectivity index (χ0) is 12.5. The molecular weight excluding hydrogens is 272 g/mol. The molecule has 2 N–H and O–H groups in total. The lowest BCUT2D eigenvalue weighted by Crippen LogP contribution is -2.50. The zero-order valence-electron chi connectivity index (χ0n) is 10.6. The Morgan fingerprint density at radius 3 is 2.56 bits per heavy atom. The Labute approximate surface area is 119 Å². The molecule has 1 unspecified atom stereocenters. The van der Waals surface area contributed by atoms with Gasteiger partial charge in [0.1, 0.15) is 5.82 Å². The molecule has 0 aliphatic heterocycles. The molecular formula is C14H20Cl2FN. The van der Waals surface area contributed by atoms with Gasteiger partial charge in [0.05, 0.1) is 5.02 Å². The van der Waals surface area contributed by atoms with E-state index in [4.69, 9.17) is 17.3 Å². The van der Waals surface area contributed by atoms with Gasteiger partial charge in [0, 0.05) is 11.5 Å². The highest BCUT2D eigenvalue weighted by atomic mass is 35.5. The summed E-state index contributed by atoms with van der Waals surface area (Å²) >= 11 is 5.73. The lowest BCUT2D eigenvalue weighted by molar-refractivity contribution is 0.187. The van der Waals surface area contributed by atoms with Gasteiger partial charge in [-0.1, -0.05) is 37.4 Å². The van der Waals surface area contributed by atoms with Crippen LogP contribution in [0.4, 0.5) is 4.39 Å². The summed E-state index contributed by atoms with van der Waals surface area (Å²) in [5.74, 6) is -0.334. The van der Waals surface area contributed by atoms with Crippen LogP contribution < -0.4 is 5.73 Å². The summed E-state index contributed by atoms with van der Waals surface area (Å²) in [5.41, 5.74) is 7.30. The largest absolute Gasteiger partial charge is 0.327 e. The number of benzene rings is 1. The number of hydrogen-bond acceptors (Lipinski definition) is 1. The topological polar surface area (TPSA) is 26.0 Å². The second-order valence-corrected chi connectivity index (χ2v) is 5.44. The SMILES string of the molecule is CCCC(N)C1(c2ccc(Cl)c(F)c2)CCC1.Cl. The average Bonchev–Trinajstić information content (AvgIpc) is 2.22. The molecule has 0 radical (unpaired) electrons. The van der Waals surface area contributed by atoms with E-state index in [0.29, 0.717) is 0 Å². The van der Waals surface area contributed by atoms with Crippen LogP contribution in [0.15, 0.2) is 18.2 Å². The number of nitrogens with two attached hydrogens (primary N) is 1. The first-order valence-corrected chi connectivity index (χ1v) is 6.69. The maximum atomic E-state index is 13.5. The van der Waals surface area contributed by atoms with E-state index in [1.54, 1.807) is 12.1 Å². The van der Waals surface area contributed by atoms with Crippen molar-refractivity contribution in [3.05, 3.63) is 34.6 Å². The molecule has 1 aromatic carbocycles. The second kappa shape index (κ2) is 6.23. The van der Waals surface area contributed by atoms with Crippen LogP contribution in [0.1, 0.15) is 44.6 Å². The van der Waals surface area contributed by atoms with Gasteiger partial charge in [-0.15, -0.1) is 12.4 Å². The van der Waals surface area contributed by atoms with E-state index in [1.807, 2.05) is 6.07 Å². The van der Waals surface area contributed by atoms with Crippen LogP contribution in [0.2, 0.25) is 5.02 Å². The molecule has 0 saturated heterocycles. The number of halogens is 3. The third kappa shape index (κ3) is 2.66. The van der Waals surface area contributed by atoms with Crippen molar-refractivity contribution in [1.82, 2.24) is 0 Å². The molecule has 0 bridgehead atoms. The van der Waals surface area contributed by atoms with Crippen LogP contribution in [0, 0.1) is 5.82 Å². The first-order chi connectivity index (χ1) is 8.10. The fourth-order valence-electron chi connectivity index (χ4n) is 2.82. The van der Waals surface area contributed by atoms with E-state index in [9.17, 15) is 4.39 Å². The Bertz CT molecular complexity index is 405. The van der Waals surface area contributed by atoms with Crippen molar-refractivity contribution in [1.29, 1.82) is 0 Å². The molecule has 1 fully saturated rings. The van der Waals surface area contributed by atoms with Gasteiger partial charge < -0.3 is 5.73 Å². The van der Waals surface area contributed by atoms with Gasteiger partial charge in [-0.3, -0.25) is 0 Å². The molecule has 2 rings (SSSR count). The smallest absolute Gasteiger partial charge is 0.142 e. The quantitative estimate of drug-likeness (QED) is 0.871. The molecule has 1 saturated carbocycles. The van der Waals surface area contributed by atoms with Crippen molar-refractivity contribution in [3.63, 3.8) is 0 Å². The third-order valence-electron chi connectivity index (χ3n) is 4.05.